The van der Waals surface area contributed by atoms with E-state index >= 15 is 0 Å². The fourth-order valence-corrected chi connectivity index (χ4v) is 20.9. The maximum atomic E-state index is 6.37. The highest BCUT2D eigenvalue weighted by Gasteiger charge is 2.24. The Kier molecular flexibility index (Phi) is 25.2. The molecule has 0 radical (unpaired) electrons. The highest BCUT2D eigenvalue weighted by atomic mass is 16.3. The molecule has 27 rings (SSSR count). The van der Waals surface area contributed by atoms with E-state index in [1.807, 2.05) is 36.4 Å². The number of para-hydroxylation sites is 3. The predicted molar refractivity (Wildman–Crippen MR) is 630 cm³/mol. The molecule has 0 aliphatic heterocycles. The molecule has 6 nitrogen and oxygen atoms in total. The number of hydrogen-bond acceptors (Lipinski definition) is 6. The first kappa shape index (κ1) is 91.3. The van der Waals surface area contributed by atoms with Gasteiger partial charge in [0, 0.05) is 102 Å². The lowest BCUT2D eigenvalue weighted by Gasteiger charge is -2.26. The molecular weight excluding hydrogens is 1820 g/mol. The monoisotopic (exact) mass is 1920 g/mol. The van der Waals surface area contributed by atoms with Crippen molar-refractivity contribution in [3.8, 4) is 134 Å². The van der Waals surface area contributed by atoms with Crippen LogP contribution in [0.2, 0.25) is 0 Å². The zero-order chi connectivity index (χ0) is 99.8. The van der Waals surface area contributed by atoms with E-state index in [0.29, 0.717) is 0 Å². The molecule has 3 heterocycles. The molecule has 0 spiro atoms. The molecule has 708 valence electrons. The van der Waals surface area contributed by atoms with Crippen LogP contribution in [0.3, 0.4) is 0 Å². The molecule has 0 fully saturated rings. The number of furan rings is 3. The molecule has 0 N–H and O–H groups in total. The van der Waals surface area contributed by atoms with Crippen LogP contribution in [0.25, 0.3) is 199 Å². The SMILES string of the molecule is c1ccc(-c2ccc(-c3cccc(N(c4ccc(-c5cccc(-c6ccccc6)c5)cc4)c4ccc5c(c4)oc4ccccc45)c3)cc2)cc1.c1ccc(-c2cccc(-c3ccc(N(c4cccc(-c5cccc(-c6ccccc6)c5)c4)c4ccc5c(c4)oc4ccccc45)cc3)c2)cc1.c1ccc(-c2cccc(-c3ccc(N(c4cccc(-c5ccccc5-c5ccccc5)c4)c4ccc5c(c4)oc4ccccc45)cc3)c2)cc1. The Bertz CT molecular complexity index is 9480. The van der Waals surface area contributed by atoms with Gasteiger partial charge in [0.15, 0.2) is 0 Å². The molecule has 150 heavy (non-hydrogen) atoms. The van der Waals surface area contributed by atoms with E-state index in [1.165, 1.54) is 117 Å². The molecule has 6 heteroatoms. The lowest BCUT2D eigenvalue weighted by molar-refractivity contribution is 0.668. The molecule has 0 bridgehead atoms. The maximum absolute atomic E-state index is 6.37. The number of fused-ring (bicyclic) bond motifs is 9. The predicted octanol–water partition coefficient (Wildman–Crippen LogP) is 41.2. The van der Waals surface area contributed by atoms with E-state index < -0.39 is 0 Å². The lowest BCUT2D eigenvalue weighted by Crippen LogP contribution is -2.10. The Balaban J connectivity index is 0.000000116. The van der Waals surface area contributed by atoms with Crippen LogP contribution in [0, 0.1) is 0 Å². The van der Waals surface area contributed by atoms with Gasteiger partial charge in [-0.1, -0.05) is 431 Å². The summed E-state index contributed by atoms with van der Waals surface area (Å²) < 4.78 is 19.1. The second kappa shape index (κ2) is 41.4. The summed E-state index contributed by atoms with van der Waals surface area (Å²) in [6.45, 7) is 0. The number of hydrogen-bond donors (Lipinski definition) is 0. The van der Waals surface area contributed by atoms with Crippen LogP contribution in [0.15, 0.2) is 614 Å². The van der Waals surface area contributed by atoms with Crippen LogP contribution in [0.5, 0.6) is 0 Å². The van der Waals surface area contributed by atoms with Crippen LogP contribution in [0.1, 0.15) is 0 Å². The van der Waals surface area contributed by atoms with E-state index in [0.717, 1.165) is 134 Å². The molecule has 0 amide bonds. The summed E-state index contributed by atoms with van der Waals surface area (Å²) in [6, 6.07) is 213. The van der Waals surface area contributed by atoms with Crippen molar-refractivity contribution < 1.29 is 13.3 Å². The van der Waals surface area contributed by atoms with Gasteiger partial charge in [0.25, 0.3) is 0 Å². The quantitative estimate of drug-likeness (QED) is 0.0715. The minimum Gasteiger partial charge on any atom is -0.456 e. The molecular formula is C144H99N3O3. The second-order valence-electron chi connectivity index (χ2n) is 37.8. The highest BCUT2D eigenvalue weighted by Crippen LogP contribution is 2.48. The minimum absolute atomic E-state index is 0.869. The summed E-state index contributed by atoms with van der Waals surface area (Å²) in [5, 5.41) is 6.73. The smallest absolute Gasteiger partial charge is 0.137 e. The van der Waals surface area contributed by atoms with Gasteiger partial charge in [0.1, 0.15) is 33.5 Å². The largest absolute Gasteiger partial charge is 0.456 e. The van der Waals surface area contributed by atoms with Crippen LogP contribution in [0.4, 0.5) is 51.2 Å². The third-order valence-corrected chi connectivity index (χ3v) is 28.4. The van der Waals surface area contributed by atoms with Gasteiger partial charge in [-0.3, -0.25) is 0 Å². The average Bonchev–Trinajstić information content (AvgIpc) is 1.62. The second-order valence-corrected chi connectivity index (χ2v) is 37.8. The molecule has 0 unspecified atom stereocenters. The van der Waals surface area contributed by atoms with Crippen molar-refractivity contribution in [2.24, 2.45) is 0 Å². The van der Waals surface area contributed by atoms with E-state index in [9.17, 15) is 0 Å². The Morgan fingerprint density at radius 2 is 0.267 bits per heavy atom. The fourth-order valence-electron chi connectivity index (χ4n) is 20.9. The molecule has 0 saturated heterocycles. The van der Waals surface area contributed by atoms with Gasteiger partial charge in [-0.25, -0.2) is 0 Å². The first-order valence-corrected chi connectivity index (χ1v) is 51.0. The third kappa shape index (κ3) is 19.1. The summed E-state index contributed by atoms with van der Waals surface area (Å²) in [7, 11) is 0. The van der Waals surface area contributed by atoms with E-state index in [-0.39, 0.29) is 0 Å². The Morgan fingerprint density at radius 3 is 0.567 bits per heavy atom. The van der Waals surface area contributed by atoms with Crippen molar-refractivity contribution in [3.63, 3.8) is 0 Å². The number of nitrogens with zero attached hydrogens (tertiary/aromatic N) is 3. The lowest BCUT2D eigenvalue weighted by atomic mass is 9.94. The van der Waals surface area contributed by atoms with Gasteiger partial charge in [-0.05, 0) is 285 Å². The number of rotatable bonds is 21. The molecule has 3 aromatic heterocycles. The van der Waals surface area contributed by atoms with Crippen molar-refractivity contribution in [1.29, 1.82) is 0 Å². The number of benzene rings is 24. The summed E-state index contributed by atoms with van der Waals surface area (Å²) in [4.78, 5) is 6.96. The third-order valence-electron chi connectivity index (χ3n) is 28.4. The Labute approximate surface area is 872 Å². The highest BCUT2D eigenvalue weighted by molar-refractivity contribution is 6.09. The summed E-state index contributed by atoms with van der Waals surface area (Å²) in [5.74, 6) is 0. The van der Waals surface area contributed by atoms with Crippen LogP contribution in [-0.2, 0) is 0 Å². The topological polar surface area (TPSA) is 49.1 Å². The van der Waals surface area contributed by atoms with Crippen molar-refractivity contribution in [3.05, 3.63) is 601 Å². The number of anilines is 9. The first-order valence-electron chi connectivity index (χ1n) is 51.0. The van der Waals surface area contributed by atoms with Crippen molar-refractivity contribution in [2.75, 3.05) is 14.7 Å². The molecule has 0 saturated carbocycles. The van der Waals surface area contributed by atoms with Crippen LogP contribution in [-0.4, -0.2) is 0 Å². The van der Waals surface area contributed by atoms with Gasteiger partial charge in [0.05, 0.1) is 0 Å². The molecule has 27 aromatic rings. The van der Waals surface area contributed by atoms with Crippen LogP contribution < -0.4 is 14.7 Å². The summed E-state index contributed by atoms with van der Waals surface area (Å²) >= 11 is 0. The molecule has 0 atom stereocenters. The molecule has 0 aliphatic carbocycles. The van der Waals surface area contributed by atoms with E-state index in [1.54, 1.807) is 0 Å². The summed E-state index contributed by atoms with van der Waals surface area (Å²) in [5.41, 5.74) is 43.4. The van der Waals surface area contributed by atoms with Gasteiger partial charge < -0.3 is 28.0 Å². The maximum Gasteiger partial charge on any atom is 0.137 e. The zero-order valence-electron chi connectivity index (χ0n) is 82.2. The van der Waals surface area contributed by atoms with Crippen molar-refractivity contribution >= 4 is 117 Å². The standard InChI is InChI=1S/3C48H33NO/c1-3-12-34(13-4-1)37-16-9-18-39(30-37)36-24-26-42(27-25-36)49(44-28-29-46-45-22-7-8-23-47(45)50-48(46)33-44)43-21-11-20-41(32-43)40-19-10-17-38(31-40)35-14-5-2-6-15-35;1-3-11-34(12-4-1)36-21-23-37(24-22-36)41-17-10-18-43(32-41)49(44-29-30-46-45-19-7-8-20-47(45)50-48(46)33-44)42-27-25-38(26-28-42)40-16-9-15-39(31-40)35-13-5-2-6-14-35;1-3-13-34(14-4-1)37-17-11-18-38(31-37)35-25-27-40(28-26-35)49(42-29-30-46-45-23-9-10-24-47(45)50-48(46)33-42)41-20-12-19-39(32-41)44-22-8-7-21-43(44)36-15-5-2-6-16-36/h3*1-33H. The van der Waals surface area contributed by atoms with Gasteiger partial charge in [-0.15, -0.1) is 0 Å². The Morgan fingerprint density at radius 1 is 0.0933 bits per heavy atom. The summed E-state index contributed by atoms with van der Waals surface area (Å²) in [6.07, 6.45) is 0. The van der Waals surface area contributed by atoms with Gasteiger partial charge in [0.2, 0.25) is 0 Å². The van der Waals surface area contributed by atoms with Crippen molar-refractivity contribution in [1.82, 2.24) is 0 Å². The molecule has 24 aromatic carbocycles. The zero-order valence-corrected chi connectivity index (χ0v) is 82.2. The van der Waals surface area contributed by atoms with E-state index in [4.69, 9.17) is 13.3 Å². The van der Waals surface area contributed by atoms with Gasteiger partial charge >= 0.3 is 0 Å². The van der Waals surface area contributed by atoms with Crippen LogP contribution >= 0.6 is 0 Å². The first-order chi connectivity index (χ1) is 74.3. The normalized spacial score (nSPS) is 11.2. The van der Waals surface area contributed by atoms with E-state index in [2.05, 4.69) is 579 Å². The van der Waals surface area contributed by atoms with Gasteiger partial charge in [-0.2, -0.15) is 0 Å². The fraction of sp³-hybridized carbons (Fsp3) is 0. The Hall–Kier alpha value is -19.9. The molecule has 0 aliphatic rings. The minimum atomic E-state index is 0.869. The van der Waals surface area contributed by atoms with Crippen molar-refractivity contribution in [2.45, 2.75) is 0 Å². The average molecular weight is 1920 g/mol.